The lowest BCUT2D eigenvalue weighted by Crippen LogP contribution is -2.38. The third-order valence-electron chi connectivity index (χ3n) is 4.17. The molecule has 210 valence electrons. The smallest absolute Gasteiger partial charge is 0.468 e. The first-order valence-corrected chi connectivity index (χ1v) is 13.3. The minimum absolute atomic E-state index is 0.0413. The van der Waals surface area contributed by atoms with Crippen LogP contribution in [0.3, 0.4) is 0 Å². The molecule has 0 atom stereocenters. The topological polar surface area (TPSA) is 175 Å². The number of carbonyl (C=O) groups is 3. The van der Waals surface area contributed by atoms with Gasteiger partial charge in [0.25, 0.3) is 0 Å². The van der Waals surface area contributed by atoms with Crippen LogP contribution in [-0.2, 0) is 42.1 Å². The molecule has 0 spiro atoms. The van der Waals surface area contributed by atoms with E-state index in [1.165, 1.54) is 19.1 Å². The van der Waals surface area contributed by atoms with Crippen molar-refractivity contribution in [3.05, 3.63) is 0 Å². The molecule has 0 aromatic rings. The predicted molar refractivity (Wildman–Crippen MR) is 129 cm³/mol. The highest BCUT2D eigenvalue weighted by atomic mass is 31.2. The monoisotopic (exact) mass is 541 g/mol. The van der Waals surface area contributed by atoms with E-state index in [1.807, 2.05) is 13.8 Å². The summed E-state index contributed by atoms with van der Waals surface area (Å²) >= 11 is 0. The fourth-order valence-corrected chi connectivity index (χ4v) is 3.42. The van der Waals surface area contributed by atoms with Crippen LogP contribution in [-0.4, -0.2) is 89.5 Å². The summed E-state index contributed by atoms with van der Waals surface area (Å²) in [7, 11) is -1.47. The Morgan fingerprint density at radius 2 is 1.19 bits per heavy atom. The molecular weight excluding hydrogens is 501 g/mol. The molecule has 0 aliphatic carbocycles. The van der Waals surface area contributed by atoms with Gasteiger partial charge in [-0.25, -0.2) is 14.2 Å². The standard InChI is InChI=1S/C21H40N3O11P/c1-5-7-11-30-20(26)32-13-9-15-34-36(28,23-19(22)24(3)17-18(25)29-4)35-16-10-14-33-21(27)31-12-8-6-2/h5-17H2,1-4H3,(H2,22,23,28). The summed E-state index contributed by atoms with van der Waals surface area (Å²) in [5.41, 5.74) is 5.83. The Morgan fingerprint density at radius 3 is 1.58 bits per heavy atom. The maximum atomic E-state index is 13.1. The van der Waals surface area contributed by atoms with Crippen molar-refractivity contribution in [3.63, 3.8) is 0 Å². The van der Waals surface area contributed by atoms with Gasteiger partial charge in [0.15, 0.2) is 0 Å². The quantitative estimate of drug-likeness (QED) is 0.0630. The Hall–Kier alpha value is -2.57. The van der Waals surface area contributed by atoms with Crippen molar-refractivity contribution in [2.75, 3.05) is 60.3 Å². The maximum absolute atomic E-state index is 13.1. The van der Waals surface area contributed by atoms with Gasteiger partial charge in [-0.2, -0.15) is 0 Å². The molecule has 0 aromatic carbocycles. The molecule has 0 heterocycles. The Bertz CT molecular complexity index is 685. The van der Waals surface area contributed by atoms with Crippen LogP contribution >= 0.6 is 7.75 Å². The van der Waals surface area contributed by atoms with Gasteiger partial charge < -0.3 is 34.3 Å². The van der Waals surface area contributed by atoms with E-state index in [2.05, 4.69) is 9.50 Å². The Kier molecular flexibility index (Phi) is 19.1. The minimum Gasteiger partial charge on any atom is -0.468 e. The number of carbonyl (C=O) groups excluding carboxylic acids is 3. The van der Waals surface area contributed by atoms with Crippen molar-refractivity contribution < 1.29 is 51.7 Å². The lowest BCUT2D eigenvalue weighted by atomic mass is 10.4. The van der Waals surface area contributed by atoms with E-state index >= 15 is 0 Å². The van der Waals surface area contributed by atoms with E-state index in [0.717, 1.165) is 25.7 Å². The van der Waals surface area contributed by atoms with Crippen molar-refractivity contribution in [2.45, 2.75) is 52.4 Å². The van der Waals surface area contributed by atoms with Gasteiger partial charge in [-0.3, -0.25) is 13.8 Å². The number of guanidine groups is 1. The number of hydrogen-bond acceptors (Lipinski definition) is 11. The zero-order valence-corrected chi connectivity index (χ0v) is 22.5. The fourth-order valence-electron chi connectivity index (χ4n) is 2.11. The number of nitrogens with two attached hydrogens (primary N) is 1. The fraction of sp³-hybridized carbons (Fsp3) is 0.810. The number of rotatable bonds is 19. The first-order valence-electron chi connectivity index (χ1n) is 11.8. The van der Waals surface area contributed by atoms with E-state index in [1.54, 1.807) is 0 Å². The van der Waals surface area contributed by atoms with Gasteiger partial charge >= 0.3 is 26.0 Å². The van der Waals surface area contributed by atoms with Crippen LogP contribution in [0, 0.1) is 0 Å². The number of ether oxygens (including phenoxy) is 5. The molecule has 0 fully saturated rings. The van der Waals surface area contributed by atoms with Gasteiger partial charge in [-0.05, 0) is 12.8 Å². The number of methoxy groups -OCH3 is 1. The molecule has 0 aliphatic heterocycles. The molecule has 0 rings (SSSR count). The van der Waals surface area contributed by atoms with E-state index in [0.29, 0.717) is 0 Å². The molecule has 0 amide bonds. The normalized spacial score (nSPS) is 11.5. The lowest BCUT2D eigenvalue weighted by Gasteiger charge is -2.19. The number of nitrogens with zero attached hydrogens (tertiary/aromatic N) is 2. The second kappa shape index (κ2) is 20.6. The summed E-state index contributed by atoms with van der Waals surface area (Å²) < 4.78 is 51.6. The largest absolute Gasteiger partial charge is 0.508 e. The van der Waals surface area contributed by atoms with Crippen LogP contribution in [0.1, 0.15) is 52.4 Å². The SMILES string of the molecule is CCCCOC(=O)OCCCOP(=O)(N=C(N)N(C)CC(=O)OC)OCCCOC(=O)OCCCC. The van der Waals surface area contributed by atoms with Gasteiger partial charge in [0.05, 0.1) is 46.8 Å². The zero-order valence-electron chi connectivity index (χ0n) is 21.6. The summed E-state index contributed by atoms with van der Waals surface area (Å²) in [6.07, 6.45) is 1.97. The molecule has 0 saturated heterocycles. The number of hydrogen-bond donors (Lipinski definition) is 1. The van der Waals surface area contributed by atoms with Crippen molar-refractivity contribution in [1.82, 2.24) is 4.90 Å². The van der Waals surface area contributed by atoms with E-state index in [-0.39, 0.29) is 65.0 Å². The third kappa shape index (κ3) is 17.8. The second-order valence-electron chi connectivity index (χ2n) is 7.33. The van der Waals surface area contributed by atoms with Crippen LogP contribution < -0.4 is 5.73 Å². The molecule has 15 heteroatoms. The highest BCUT2D eigenvalue weighted by molar-refractivity contribution is 7.52. The molecule has 2 N–H and O–H groups in total. The molecular formula is C21H40N3O11P. The molecule has 0 bridgehead atoms. The van der Waals surface area contributed by atoms with E-state index in [9.17, 15) is 18.9 Å². The minimum atomic E-state index is -4.13. The van der Waals surface area contributed by atoms with Gasteiger partial charge in [0.2, 0.25) is 5.96 Å². The Morgan fingerprint density at radius 1 is 0.778 bits per heavy atom. The molecule has 0 saturated carbocycles. The average Bonchev–Trinajstić information content (AvgIpc) is 2.83. The van der Waals surface area contributed by atoms with Crippen LogP contribution in [0.25, 0.3) is 0 Å². The van der Waals surface area contributed by atoms with Crippen molar-refractivity contribution >= 4 is 32.0 Å². The molecule has 0 unspecified atom stereocenters. The van der Waals surface area contributed by atoms with Crippen LogP contribution in [0.15, 0.2) is 4.76 Å². The van der Waals surface area contributed by atoms with Crippen molar-refractivity contribution in [3.8, 4) is 0 Å². The number of likely N-dealkylation sites (N-methyl/N-ethyl adjacent to an activating group) is 1. The zero-order chi connectivity index (χ0) is 27.2. The molecule has 0 aromatic heterocycles. The number of unbranched alkanes of at least 4 members (excludes halogenated alkanes) is 2. The first kappa shape index (κ1) is 33.4. The lowest BCUT2D eigenvalue weighted by molar-refractivity contribution is -0.140. The molecule has 0 radical (unpaired) electrons. The summed E-state index contributed by atoms with van der Waals surface area (Å²) in [5.74, 6) is -0.867. The second-order valence-corrected chi connectivity index (χ2v) is 8.99. The Labute approximate surface area is 212 Å². The third-order valence-corrected chi connectivity index (χ3v) is 5.64. The number of esters is 1. The van der Waals surface area contributed by atoms with E-state index < -0.39 is 26.0 Å². The van der Waals surface area contributed by atoms with Gasteiger partial charge in [0, 0.05) is 19.9 Å². The first-order chi connectivity index (χ1) is 17.2. The summed E-state index contributed by atoms with van der Waals surface area (Å²) in [6, 6.07) is 0. The van der Waals surface area contributed by atoms with Gasteiger partial charge in [-0.15, -0.1) is 4.76 Å². The average molecular weight is 542 g/mol. The summed E-state index contributed by atoms with van der Waals surface area (Å²) in [5, 5.41) is 0. The molecule has 36 heavy (non-hydrogen) atoms. The molecule has 0 aliphatic rings. The summed E-state index contributed by atoms with van der Waals surface area (Å²) in [4.78, 5) is 35.5. The highest BCUT2D eigenvalue weighted by Crippen LogP contribution is 2.50. The highest BCUT2D eigenvalue weighted by Gasteiger charge is 2.26. The van der Waals surface area contributed by atoms with Gasteiger partial charge in [-0.1, -0.05) is 26.7 Å². The van der Waals surface area contributed by atoms with E-state index in [4.69, 9.17) is 33.7 Å². The predicted octanol–water partition coefficient (Wildman–Crippen LogP) is 3.23. The molecule has 14 nitrogen and oxygen atoms in total. The van der Waals surface area contributed by atoms with Crippen molar-refractivity contribution in [1.29, 1.82) is 0 Å². The van der Waals surface area contributed by atoms with Crippen LogP contribution in [0.2, 0.25) is 0 Å². The summed E-state index contributed by atoms with van der Waals surface area (Å²) in [6.45, 7) is 3.85. The van der Waals surface area contributed by atoms with Gasteiger partial charge in [0.1, 0.15) is 6.54 Å². The van der Waals surface area contributed by atoms with Crippen molar-refractivity contribution in [2.24, 2.45) is 10.5 Å². The van der Waals surface area contributed by atoms with Crippen LogP contribution in [0.4, 0.5) is 9.59 Å². The Balaban J connectivity index is 4.75. The maximum Gasteiger partial charge on any atom is 0.508 e. The van der Waals surface area contributed by atoms with Crippen LogP contribution in [0.5, 0.6) is 0 Å².